The first-order valence-corrected chi connectivity index (χ1v) is 11.7. The monoisotopic (exact) mass is 417 g/mol. The lowest BCUT2D eigenvalue weighted by molar-refractivity contribution is 0.299. The normalized spacial score (nSPS) is 21.9. The molecule has 1 unspecified atom stereocenters. The molecule has 2 aromatic heterocycles. The molecular weight excluding hydrogens is 390 g/mol. The zero-order valence-electron chi connectivity index (χ0n) is 16.5. The van der Waals surface area contributed by atoms with Gasteiger partial charge < -0.3 is 0 Å². The molecule has 4 rings (SSSR count). The van der Waals surface area contributed by atoms with E-state index in [9.17, 15) is 13.2 Å². The molecular formula is C20H27N5O3S. The maximum atomic E-state index is 13.3. The Morgan fingerprint density at radius 3 is 2.52 bits per heavy atom. The lowest BCUT2D eigenvalue weighted by Crippen LogP contribution is -2.48. The second-order valence-corrected chi connectivity index (χ2v) is 9.59. The van der Waals surface area contributed by atoms with Gasteiger partial charge in [0.05, 0.1) is 12.2 Å². The molecule has 2 aliphatic heterocycles. The van der Waals surface area contributed by atoms with E-state index >= 15 is 0 Å². The summed E-state index contributed by atoms with van der Waals surface area (Å²) < 4.78 is 31.1. The van der Waals surface area contributed by atoms with Gasteiger partial charge in [0.2, 0.25) is 0 Å². The zero-order valence-corrected chi connectivity index (χ0v) is 17.3. The van der Waals surface area contributed by atoms with Crippen molar-refractivity contribution in [2.75, 3.05) is 19.6 Å². The second kappa shape index (κ2) is 8.73. The third-order valence-corrected chi connectivity index (χ3v) is 7.81. The van der Waals surface area contributed by atoms with E-state index in [4.69, 9.17) is 0 Å². The van der Waals surface area contributed by atoms with Crippen LogP contribution in [0.2, 0.25) is 0 Å². The van der Waals surface area contributed by atoms with Crippen LogP contribution in [0.5, 0.6) is 0 Å². The van der Waals surface area contributed by atoms with Crippen LogP contribution in [0.25, 0.3) is 11.3 Å². The number of hydrogen-bond acceptors (Lipinski definition) is 5. The second-order valence-electron chi connectivity index (χ2n) is 7.71. The summed E-state index contributed by atoms with van der Waals surface area (Å²) in [5.74, 6) is 0. The molecule has 2 fully saturated rings. The van der Waals surface area contributed by atoms with E-state index in [1.165, 1.54) is 10.7 Å². The third-order valence-electron chi connectivity index (χ3n) is 5.72. The minimum absolute atomic E-state index is 0.225. The quantitative estimate of drug-likeness (QED) is 0.741. The number of rotatable bonds is 5. The number of hydrogen-bond donors (Lipinski definition) is 0. The molecule has 156 valence electrons. The van der Waals surface area contributed by atoms with Crippen molar-refractivity contribution >= 4 is 10.2 Å². The lowest BCUT2D eigenvalue weighted by atomic mass is 10.2. The van der Waals surface area contributed by atoms with Crippen molar-refractivity contribution in [3.63, 3.8) is 0 Å². The summed E-state index contributed by atoms with van der Waals surface area (Å²) in [4.78, 5) is 16.5. The van der Waals surface area contributed by atoms with Crippen LogP contribution in [0.15, 0.2) is 41.5 Å². The molecule has 0 spiro atoms. The van der Waals surface area contributed by atoms with Gasteiger partial charge in [-0.25, -0.2) is 4.68 Å². The van der Waals surface area contributed by atoms with Crippen molar-refractivity contribution in [3.05, 3.63) is 47.0 Å². The maximum Gasteiger partial charge on any atom is 0.282 e. The largest absolute Gasteiger partial charge is 0.282 e. The SMILES string of the molecule is O=c1ccc(-c2cccnc2)nn1CC1CCCN1S(=O)(=O)N1CCCCCC1. The molecule has 4 heterocycles. The van der Waals surface area contributed by atoms with Gasteiger partial charge in [-0.05, 0) is 43.9 Å². The summed E-state index contributed by atoms with van der Waals surface area (Å²) >= 11 is 0. The van der Waals surface area contributed by atoms with Gasteiger partial charge in [0, 0.05) is 49.7 Å². The third kappa shape index (κ3) is 4.41. The zero-order chi connectivity index (χ0) is 20.3. The standard InChI is InChI=1S/C20H27N5O3S/c26-20-10-9-19(17-7-5-11-21-15-17)22-24(20)16-18-8-6-14-25(18)29(27,28)23-12-3-1-2-4-13-23/h5,7,9-11,15,18H,1-4,6,8,12-14,16H2. The summed E-state index contributed by atoms with van der Waals surface area (Å²) in [5.41, 5.74) is 1.25. The predicted molar refractivity (Wildman–Crippen MR) is 110 cm³/mol. The minimum atomic E-state index is -3.52. The van der Waals surface area contributed by atoms with Crippen LogP contribution in [-0.2, 0) is 16.8 Å². The van der Waals surface area contributed by atoms with Crippen LogP contribution < -0.4 is 5.56 Å². The highest BCUT2D eigenvalue weighted by molar-refractivity contribution is 7.86. The van der Waals surface area contributed by atoms with Crippen molar-refractivity contribution in [1.82, 2.24) is 23.4 Å². The van der Waals surface area contributed by atoms with Crippen LogP contribution in [0.1, 0.15) is 38.5 Å². The van der Waals surface area contributed by atoms with E-state index in [0.717, 1.165) is 44.1 Å². The topological polar surface area (TPSA) is 88.4 Å². The molecule has 9 heteroatoms. The molecule has 0 N–H and O–H groups in total. The van der Waals surface area contributed by atoms with E-state index in [1.54, 1.807) is 27.1 Å². The molecule has 8 nitrogen and oxygen atoms in total. The van der Waals surface area contributed by atoms with E-state index in [0.29, 0.717) is 25.3 Å². The average molecular weight is 418 g/mol. The molecule has 2 aromatic rings. The summed E-state index contributed by atoms with van der Waals surface area (Å²) in [6.45, 7) is 1.93. The molecule has 29 heavy (non-hydrogen) atoms. The Bertz CT molecular complexity index is 985. The summed E-state index contributed by atoms with van der Waals surface area (Å²) in [6, 6.07) is 6.61. The fourth-order valence-corrected chi connectivity index (χ4v) is 6.09. The van der Waals surface area contributed by atoms with Crippen LogP contribution in [0.4, 0.5) is 0 Å². The minimum Gasteiger partial charge on any atom is -0.268 e. The first-order valence-electron chi connectivity index (χ1n) is 10.3. The molecule has 2 saturated heterocycles. The summed E-state index contributed by atoms with van der Waals surface area (Å²) in [6.07, 6.45) is 8.89. The molecule has 2 aliphatic rings. The molecule has 1 atom stereocenters. The Kier molecular flexibility index (Phi) is 6.07. The number of nitrogens with zero attached hydrogens (tertiary/aromatic N) is 5. The highest BCUT2D eigenvalue weighted by Gasteiger charge is 2.38. The van der Waals surface area contributed by atoms with E-state index in [2.05, 4.69) is 10.1 Å². The lowest BCUT2D eigenvalue weighted by Gasteiger charge is -2.30. The van der Waals surface area contributed by atoms with Crippen LogP contribution in [0.3, 0.4) is 0 Å². The Balaban J connectivity index is 1.56. The van der Waals surface area contributed by atoms with Crippen molar-refractivity contribution in [3.8, 4) is 11.3 Å². The van der Waals surface area contributed by atoms with Crippen LogP contribution in [0, 0.1) is 0 Å². The Labute approximate surface area is 171 Å². The van der Waals surface area contributed by atoms with Gasteiger partial charge in [-0.2, -0.15) is 22.1 Å². The first-order chi connectivity index (χ1) is 14.1. The van der Waals surface area contributed by atoms with Crippen molar-refractivity contribution < 1.29 is 8.42 Å². The molecule has 0 radical (unpaired) electrons. The Hall–Kier alpha value is -2.10. The number of aromatic nitrogens is 3. The van der Waals surface area contributed by atoms with Gasteiger partial charge in [0.1, 0.15) is 0 Å². The molecule has 0 saturated carbocycles. The Morgan fingerprint density at radius 1 is 1.00 bits per heavy atom. The van der Waals surface area contributed by atoms with Crippen LogP contribution in [-0.4, -0.2) is 57.5 Å². The molecule has 0 aromatic carbocycles. The molecule has 0 amide bonds. The maximum absolute atomic E-state index is 13.3. The van der Waals surface area contributed by atoms with Gasteiger partial charge in [-0.1, -0.05) is 12.8 Å². The van der Waals surface area contributed by atoms with Gasteiger partial charge in [-0.3, -0.25) is 9.78 Å². The first kappa shape index (κ1) is 20.2. The number of pyridine rings is 1. The summed E-state index contributed by atoms with van der Waals surface area (Å²) in [7, 11) is -3.52. The van der Waals surface area contributed by atoms with Crippen molar-refractivity contribution in [2.24, 2.45) is 0 Å². The van der Waals surface area contributed by atoms with E-state index in [-0.39, 0.29) is 18.1 Å². The summed E-state index contributed by atoms with van der Waals surface area (Å²) in [5, 5.41) is 4.48. The highest BCUT2D eigenvalue weighted by Crippen LogP contribution is 2.26. The van der Waals surface area contributed by atoms with Crippen molar-refractivity contribution in [1.29, 1.82) is 0 Å². The molecule has 0 aliphatic carbocycles. The van der Waals surface area contributed by atoms with Gasteiger partial charge in [0.15, 0.2) is 0 Å². The van der Waals surface area contributed by atoms with Gasteiger partial charge in [-0.15, -0.1) is 0 Å². The smallest absolute Gasteiger partial charge is 0.268 e. The van der Waals surface area contributed by atoms with Crippen LogP contribution >= 0.6 is 0 Å². The predicted octanol–water partition coefficient (Wildman–Crippen LogP) is 1.89. The van der Waals surface area contributed by atoms with E-state index < -0.39 is 10.2 Å². The van der Waals surface area contributed by atoms with Gasteiger partial charge >= 0.3 is 0 Å². The highest BCUT2D eigenvalue weighted by atomic mass is 32.2. The Morgan fingerprint density at radius 2 is 1.79 bits per heavy atom. The van der Waals surface area contributed by atoms with E-state index in [1.807, 2.05) is 12.1 Å². The fourth-order valence-electron chi connectivity index (χ4n) is 4.16. The molecule has 0 bridgehead atoms. The van der Waals surface area contributed by atoms with Crippen molar-refractivity contribution in [2.45, 2.75) is 51.1 Å². The fraction of sp³-hybridized carbons (Fsp3) is 0.550. The van der Waals surface area contributed by atoms with Gasteiger partial charge in [0.25, 0.3) is 15.8 Å². The average Bonchev–Trinajstić information content (AvgIpc) is 3.02.